The molecule has 0 saturated carbocycles. The third kappa shape index (κ3) is 2.56. The first-order valence-corrected chi connectivity index (χ1v) is 6.20. The van der Waals surface area contributed by atoms with Crippen molar-refractivity contribution in [3.05, 3.63) is 29.3 Å². The smallest absolute Gasteiger partial charge is 0.240 e. The van der Waals surface area contributed by atoms with Crippen LogP contribution < -0.4 is 4.72 Å². The Labute approximate surface area is 90.0 Å². The summed E-state index contributed by atoms with van der Waals surface area (Å²) >= 11 is 0. The summed E-state index contributed by atoms with van der Waals surface area (Å²) in [5.74, 6) is 0. The summed E-state index contributed by atoms with van der Waals surface area (Å²) in [4.78, 5) is 0.232. The molecule has 5 heteroatoms. The summed E-state index contributed by atoms with van der Waals surface area (Å²) in [5, 5.41) is 9.02. The SMILES string of the molecule is CCNS(=O)(=O)c1cccc(CO)c1C. The normalized spacial score (nSPS) is 11.7. The third-order valence-electron chi connectivity index (χ3n) is 2.19. The standard InChI is InChI=1S/C10H15NO3S/c1-3-11-15(13,14)10-6-4-5-9(7-12)8(10)2/h4-6,11-12H,3,7H2,1-2H3. The van der Waals surface area contributed by atoms with E-state index in [0.29, 0.717) is 17.7 Å². The van der Waals surface area contributed by atoms with E-state index in [1.165, 1.54) is 6.07 Å². The van der Waals surface area contributed by atoms with E-state index in [9.17, 15) is 8.42 Å². The van der Waals surface area contributed by atoms with Gasteiger partial charge in [0.2, 0.25) is 10.0 Å². The van der Waals surface area contributed by atoms with Crippen LogP contribution in [0.15, 0.2) is 23.1 Å². The Balaban J connectivity index is 3.27. The van der Waals surface area contributed by atoms with Gasteiger partial charge in [0.05, 0.1) is 11.5 Å². The minimum absolute atomic E-state index is 0.151. The Kier molecular flexibility index (Phi) is 3.84. The molecule has 0 aliphatic carbocycles. The van der Waals surface area contributed by atoms with Crippen LogP contribution in [-0.4, -0.2) is 20.1 Å². The Hall–Kier alpha value is -0.910. The number of hydrogen-bond donors (Lipinski definition) is 2. The quantitative estimate of drug-likeness (QED) is 0.802. The molecule has 0 radical (unpaired) electrons. The van der Waals surface area contributed by atoms with Crippen LogP contribution in [0.3, 0.4) is 0 Å². The highest BCUT2D eigenvalue weighted by atomic mass is 32.2. The number of hydrogen-bond acceptors (Lipinski definition) is 3. The first-order chi connectivity index (χ1) is 7.03. The van der Waals surface area contributed by atoms with Crippen LogP contribution in [0, 0.1) is 6.92 Å². The van der Waals surface area contributed by atoms with E-state index in [0.717, 1.165) is 0 Å². The van der Waals surface area contributed by atoms with Crippen LogP contribution in [0.5, 0.6) is 0 Å². The van der Waals surface area contributed by atoms with Gasteiger partial charge >= 0.3 is 0 Å². The lowest BCUT2D eigenvalue weighted by Crippen LogP contribution is -2.24. The van der Waals surface area contributed by atoms with Crippen molar-refractivity contribution >= 4 is 10.0 Å². The lowest BCUT2D eigenvalue weighted by Gasteiger charge is -2.10. The topological polar surface area (TPSA) is 66.4 Å². The van der Waals surface area contributed by atoms with Gasteiger partial charge in [-0.1, -0.05) is 19.1 Å². The summed E-state index contributed by atoms with van der Waals surface area (Å²) in [5.41, 5.74) is 1.23. The second kappa shape index (κ2) is 4.74. The Bertz CT molecular complexity index is 440. The molecule has 1 aromatic rings. The van der Waals surface area contributed by atoms with Crippen LogP contribution in [0.4, 0.5) is 0 Å². The van der Waals surface area contributed by atoms with Gasteiger partial charge in [0.15, 0.2) is 0 Å². The van der Waals surface area contributed by atoms with E-state index in [1.807, 2.05) is 0 Å². The number of sulfonamides is 1. The van der Waals surface area contributed by atoms with Gasteiger partial charge in [0, 0.05) is 6.54 Å². The molecule has 2 N–H and O–H groups in total. The Morgan fingerprint density at radius 1 is 1.40 bits per heavy atom. The Morgan fingerprint density at radius 2 is 2.07 bits per heavy atom. The van der Waals surface area contributed by atoms with Gasteiger partial charge in [-0.25, -0.2) is 13.1 Å². The van der Waals surface area contributed by atoms with Crippen molar-refractivity contribution in [1.29, 1.82) is 0 Å². The van der Waals surface area contributed by atoms with Gasteiger partial charge < -0.3 is 5.11 Å². The monoisotopic (exact) mass is 229 g/mol. The van der Waals surface area contributed by atoms with Crippen molar-refractivity contribution in [2.45, 2.75) is 25.3 Å². The van der Waals surface area contributed by atoms with E-state index < -0.39 is 10.0 Å². The van der Waals surface area contributed by atoms with Crippen molar-refractivity contribution in [1.82, 2.24) is 4.72 Å². The zero-order valence-electron chi connectivity index (χ0n) is 8.82. The van der Waals surface area contributed by atoms with Crippen LogP contribution in [0.2, 0.25) is 0 Å². The molecule has 4 nitrogen and oxygen atoms in total. The molecule has 0 bridgehead atoms. The largest absolute Gasteiger partial charge is 0.392 e. The molecule has 0 spiro atoms. The lowest BCUT2D eigenvalue weighted by atomic mass is 10.1. The molecule has 0 aromatic heterocycles. The number of aliphatic hydroxyl groups is 1. The van der Waals surface area contributed by atoms with Gasteiger partial charge in [-0.2, -0.15) is 0 Å². The van der Waals surface area contributed by atoms with Gasteiger partial charge in [-0.05, 0) is 24.1 Å². The number of benzene rings is 1. The van der Waals surface area contributed by atoms with Gasteiger partial charge in [0.1, 0.15) is 0 Å². The molecular formula is C10H15NO3S. The molecule has 0 amide bonds. The molecule has 0 atom stereocenters. The maximum absolute atomic E-state index is 11.7. The molecule has 0 aliphatic rings. The summed E-state index contributed by atoms with van der Waals surface area (Å²) < 4.78 is 25.9. The van der Waals surface area contributed by atoms with E-state index in [1.54, 1.807) is 26.0 Å². The van der Waals surface area contributed by atoms with Crippen LogP contribution in [-0.2, 0) is 16.6 Å². The fourth-order valence-electron chi connectivity index (χ4n) is 1.39. The van der Waals surface area contributed by atoms with Crippen molar-refractivity contribution in [3.63, 3.8) is 0 Å². The molecule has 15 heavy (non-hydrogen) atoms. The molecule has 1 rings (SSSR count). The van der Waals surface area contributed by atoms with Gasteiger partial charge in [-0.3, -0.25) is 0 Å². The zero-order chi connectivity index (χ0) is 11.5. The first-order valence-electron chi connectivity index (χ1n) is 4.72. The maximum atomic E-state index is 11.7. The summed E-state index contributed by atoms with van der Waals surface area (Å²) in [6, 6.07) is 4.87. The molecule has 0 saturated heterocycles. The molecule has 0 aliphatic heterocycles. The van der Waals surface area contributed by atoms with Crippen molar-refractivity contribution < 1.29 is 13.5 Å². The molecular weight excluding hydrogens is 214 g/mol. The Morgan fingerprint density at radius 3 is 2.60 bits per heavy atom. The minimum Gasteiger partial charge on any atom is -0.392 e. The predicted molar refractivity (Wildman–Crippen MR) is 58.0 cm³/mol. The average molecular weight is 229 g/mol. The highest BCUT2D eigenvalue weighted by Crippen LogP contribution is 2.18. The molecule has 0 unspecified atom stereocenters. The van der Waals surface area contributed by atoms with Gasteiger partial charge in [0.25, 0.3) is 0 Å². The fraction of sp³-hybridized carbons (Fsp3) is 0.400. The average Bonchev–Trinajstić information content (AvgIpc) is 2.17. The summed E-state index contributed by atoms with van der Waals surface area (Å²) in [6.07, 6.45) is 0. The second-order valence-corrected chi connectivity index (χ2v) is 4.94. The first kappa shape index (κ1) is 12.2. The fourth-order valence-corrected chi connectivity index (χ4v) is 2.72. The van der Waals surface area contributed by atoms with Crippen molar-refractivity contribution in [2.24, 2.45) is 0 Å². The van der Waals surface area contributed by atoms with E-state index in [2.05, 4.69) is 4.72 Å². The number of nitrogens with one attached hydrogen (secondary N) is 1. The predicted octanol–water partition coefficient (Wildman–Crippen LogP) is 0.786. The third-order valence-corrected chi connectivity index (χ3v) is 3.88. The van der Waals surface area contributed by atoms with Gasteiger partial charge in [-0.15, -0.1) is 0 Å². The highest BCUT2D eigenvalue weighted by Gasteiger charge is 2.16. The van der Waals surface area contributed by atoms with Crippen LogP contribution in [0.1, 0.15) is 18.1 Å². The maximum Gasteiger partial charge on any atom is 0.240 e. The lowest BCUT2D eigenvalue weighted by molar-refractivity contribution is 0.280. The van der Waals surface area contributed by atoms with Crippen molar-refractivity contribution in [3.8, 4) is 0 Å². The van der Waals surface area contributed by atoms with E-state index in [-0.39, 0.29) is 11.5 Å². The molecule has 0 fully saturated rings. The van der Waals surface area contributed by atoms with E-state index >= 15 is 0 Å². The van der Waals surface area contributed by atoms with E-state index in [4.69, 9.17) is 5.11 Å². The zero-order valence-corrected chi connectivity index (χ0v) is 9.63. The molecule has 1 aromatic carbocycles. The summed E-state index contributed by atoms with van der Waals surface area (Å²) in [7, 11) is -3.43. The highest BCUT2D eigenvalue weighted by molar-refractivity contribution is 7.89. The summed E-state index contributed by atoms with van der Waals surface area (Å²) in [6.45, 7) is 3.62. The van der Waals surface area contributed by atoms with Crippen molar-refractivity contribution in [2.75, 3.05) is 6.54 Å². The van der Waals surface area contributed by atoms with Crippen LogP contribution in [0.25, 0.3) is 0 Å². The minimum atomic E-state index is -3.43. The number of rotatable bonds is 4. The number of aliphatic hydroxyl groups excluding tert-OH is 1. The second-order valence-electron chi connectivity index (χ2n) is 3.20. The van der Waals surface area contributed by atoms with Crippen LogP contribution >= 0.6 is 0 Å². The molecule has 84 valence electrons. The molecule has 0 heterocycles.